The van der Waals surface area contributed by atoms with E-state index in [1.807, 2.05) is 53.4 Å². The molecular weight excluding hydrogens is 336 g/mol. The van der Waals surface area contributed by atoms with Crippen molar-refractivity contribution in [1.29, 1.82) is 0 Å². The first-order valence-electron chi connectivity index (χ1n) is 9.70. The highest BCUT2D eigenvalue weighted by Gasteiger charge is 2.22. The Morgan fingerprint density at radius 1 is 0.889 bits per heavy atom. The van der Waals surface area contributed by atoms with Gasteiger partial charge in [-0.15, -0.1) is 0 Å². The lowest BCUT2D eigenvalue weighted by molar-refractivity contribution is 0.0712. The number of hydrogen-bond donors (Lipinski definition) is 0. The summed E-state index contributed by atoms with van der Waals surface area (Å²) in [6.07, 6.45) is 3.96. The summed E-state index contributed by atoms with van der Waals surface area (Å²) in [7, 11) is 0. The van der Waals surface area contributed by atoms with E-state index in [4.69, 9.17) is 0 Å². The molecule has 2 aromatic carbocycles. The topological polar surface area (TPSA) is 42.3 Å². The standard InChI is InChI=1S/C23H24N2O2/c26-22-20-12-6-5-11-19(20)17-21(23(27)24-14-7-2-8-15-24)25(22)16-13-18-9-3-1-4-10-18/h1,3-6,9-12,17H,2,7-8,13-16H2. The number of carbonyl (C=O) groups excluding carboxylic acids is 1. The highest BCUT2D eigenvalue weighted by Crippen LogP contribution is 2.17. The third-order valence-corrected chi connectivity index (χ3v) is 5.35. The van der Waals surface area contributed by atoms with Crippen LogP contribution in [0.1, 0.15) is 35.3 Å². The number of aromatic nitrogens is 1. The number of piperidine rings is 1. The van der Waals surface area contributed by atoms with Crippen molar-refractivity contribution in [1.82, 2.24) is 9.47 Å². The second kappa shape index (κ2) is 7.78. The number of rotatable bonds is 4. The highest BCUT2D eigenvalue weighted by atomic mass is 16.2. The minimum atomic E-state index is -0.0793. The molecule has 1 amide bonds. The number of hydrogen-bond acceptors (Lipinski definition) is 2. The second-order valence-corrected chi connectivity index (χ2v) is 7.16. The van der Waals surface area contributed by atoms with E-state index in [2.05, 4.69) is 12.1 Å². The molecule has 1 fully saturated rings. The van der Waals surface area contributed by atoms with E-state index in [-0.39, 0.29) is 11.5 Å². The fraction of sp³-hybridized carbons (Fsp3) is 0.304. The van der Waals surface area contributed by atoms with Gasteiger partial charge in [0.2, 0.25) is 0 Å². The van der Waals surface area contributed by atoms with Gasteiger partial charge in [0.1, 0.15) is 5.69 Å². The molecule has 0 spiro atoms. The van der Waals surface area contributed by atoms with Crippen LogP contribution in [0.25, 0.3) is 10.8 Å². The molecule has 1 aromatic heterocycles. The molecule has 2 heterocycles. The van der Waals surface area contributed by atoms with Crippen molar-refractivity contribution in [3.63, 3.8) is 0 Å². The van der Waals surface area contributed by atoms with Gasteiger partial charge in [0.05, 0.1) is 0 Å². The van der Waals surface area contributed by atoms with E-state index >= 15 is 0 Å². The molecular formula is C23H24N2O2. The van der Waals surface area contributed by atoms with Gasteiger partial charge in [-0.1, -0.05) is 48.5 Å². The van der Waals surface area contributed by atoms with Crippen LogP contribution in [0, 0.1) is 0 Å². The summed E-state index contributed by atoms with van der Waals surface area (Å²) in [6, 6.07) is 19.5. The van der Waals surface area contributed by atoms with Crippen LogP contribution in [-0.4, -0.2) is 28.5 Å². The molecule has 0 N–H and O–H groups in total. The zero-order chi connectivity index (χ0) is 18.6. The Bertz CT molecular complexity index is 1000. The Morgan fingerprint density at radius 2 is 1.59 bits per heavy atom. The summed E-state index contributed by atoms with van der Waals surface area (Å²) >= 11 is 0. The molecule has 0 radical (unpaired) electrons. The Hall–Kier alpha value is -2.88. The first kappa shape index (κ1) is 17.5. The zero-order valence-electron chi connectivity index (χ0n) is 15.4. The Labute approximate surface area is 159 Å². The molecule has 1 aliphatic rings. The predicted octanol–water partition coefficient (Wildman–Crippen LogP) is 3.87. The van der Waals surface area contributed by atoms with Gasteiger partial charge in [0.25, 0.3) is 11.5 Å². The largest absolute Gasteiger partial charge is 0.337 e. The molecule has 4 nitrogen and oxygen atoms in total. The molecule has 0 saturated carbocycles. The van der Waals surface area contributed by atoms with Gasteiger partial charge < -0.3 is 9.47 Å². The minimum absolute atomic E-state index is 0.0226. The fourth-order valence-corrected chi connectivity index (χ4v) is 3.84. The molecule has 0 unspecified atom stereocenters. The third-order valence-electron chi connectivity index (χ3n) is 5.35. The van der Waals surface area contributed by atoms with Gasteiger partial charge in [-0.3, -0.25) is 9.59 Å². The van der Waals surface area contributed by atoms with Gasteiger partial charge in [0.15, 0.2) is 0 Å². The average molecular weight is 360 g/mol. The predicted molar refractivity (Wildman–Crippen MR) is 108 cm³/mol. The average Bonchev–Trinajstić information content (AvgIpc) is 2.74. The van der Waals surface area contributed by atoms with Gasteiger partial charge in [-0.25, -0.2) is 0 Å². The monoisotopic (exact) mass is 360 g/mol. The lowest BCUT2D eigenvalue weighted by Crippen LogP contribution is -2.39. The van der Waals surface area contributed by atoms with Crippen molar-refractivity contribution in [3.8, 4) is 0 Å². The Balaban J connectivity index is 1.75. The molecule has 0 atom stereocenters. The quantitative estimate of drug-likeness (QED) is 0.709. The van der Waals surface area contributed by atoms with Crippen molar-refractivity contribution < 1.29 is 4.79 Å². The fourth-order valence-electron chi connectivity index (χ4n) is 3.84. The summed E-state index contributed by atoms with van der Waals surface area (Å²) < 4.78 is 1.67. The maximum atomic E-state index is 13.2. The van der Waals surface area contributed by atoms with Crippen LogP contribution in [0.5, 0.6) is 0 Å². The third kappa shape index (κ3) is 3.65. The molecule has 27 heavy (non-hydrogen) atoms. The lowest BCUT2D eigenvalue weighted by Gasteiger charge is -2.28. The van der Waals surface area contributed by atoms with E-state index in [0.29, 0.717) is 17.6 Å². The summed E-state index contributed by atoms with van der Waals surface area (Å²) in [4.78, 5) is 28.2. The van der Waals surface area contributed by atoms with Crippen LogP contribution in [0.2, 0.25) is 0 Å². The molecule has 138 valence electrons. The van der Waals surface area contributed by atoms with Crippen molar-refractivity contribution in [2.24, 2.45) is 0 Å². The van der Waals surface area contributed by atoms with E-state index in [9.17, 15) is 9.59 Å². The van der Waals surface area contributed by atoms with Crippen LogP contribution in [0.4, 0.5) is 0 Å². The van der Waals surface area contributed by atoms with Crippen LogP contribution in [0.3, 0.4) is 0 Å². The SMILES string of the molecule is O=C(c1cc2ccccc2c(=O)n1CCc1ccccc1)N1CCCCC1. The highest BCUT2D eigenvalue weighted by molar-refractivity contribution is 5.96. The lowest BCUT2D eigenvalue weighted by atomic mass is 10.1. The minimum Gasteiger partial charge on any atom is -0.337 e. The number of fused-ring (bicyclic) bond motifs is 1. The maximum absolute atomic E-state index is 13.2. The summed E-state index contributed by atoms with van der Waals surface area (Å²) in [5.41, 5.74) is 1.59. The smallest absolute Gasteiger partial charge is 0.270 e. The Morgan fingerprint density at radius 3 is 2.37 bits per heavy atom. The van der Waals surface area contributed by atoms with E-state index in [1.165, 1.54) is 6.42 Å². The van der Waals surface area contributed by atoms with Crippen molar-refractivity contribution in [2.75, 3.05) is 13.1 Å². The van der Waals surface area contributed by atoms with Crippen molar-refractivity contribution >= 4 is 16.7 Å². The number of benzene rings is 2. The van der Waals surface area contributed by atoms with E-state index in [0.717, 1.165) is 43.3 Å². The molecule has 4 heteroatoms. The number of likely N-dealkylation sites (tertiary alicyclic amines) is 1. The number of nitrogens with zero attached hydrogens (tertiary/aromatic N) is 2. The Kier molecular flexibility index (Phi) is 5.05. The van der Waals surface area contributed by atoms with Crippen LogP contribution in [-0.2, 0) is 13.0 Å². The van der Waals surface area contributed by atoms with Gasteiger partial charge >= 0.3 is 0 Å². The number of amides is 1. The van der Waals surface area contributed by atoms with Crippen molar-refractivity contribution in [2.45, 2.75) is 32.2 Å². The number of pyridine rings is 1. The second-order valence-electron chi connectivity index (χ2n) is 7.16. The van der Waals surface area contributed by atoms with E-state index in [1.54, 1.807) is 4.57 Å². The van der Waals surface area contributed by atoms with Gasteiger partial charge in [0, 0.05) is 25.0 Å². The van der Waals surface area contributed by atoms with Crippen molar-refractivity contribution in [3.05, 3.63) is 82.3 Å². The van der Waals surface area contributed by atoms with E-state index < -0.39 is 0 Å². The number of aryl methyl sites for hydroxylation is 1. The number of carbonyl (C=O) groups is 1. The molecule has 3 aromatic rings. The summed E-state index contributed by atoms with van der Waals surface area (Å²) in [6.45, 7) is 2.06. The summed E-state index contributed by atoms with van der Waals surface area (Å²) in [5.74, 6) is -0.0226. The van der Waals surface area contributed by atoms with Crippen LogP contribution >= 0.6 is 0 Å². The first-order chi connectivity index (χ1) is 13.2. The van der Waals surface area contributed by atoms with Gasteiger partial charge in [-0.2, -0.15) is 0 Å². The van der Waals surface area contributed by atoms with Crippen LogP contribution in [0.15, 0.2) is 65.5 Å². The summed E-state index contributed by atoms with van der Waals surface area (Å²) in [5, 5.41) is 1.50. The first-order valence-corrected chi connectivity index (χ1v) is 9.70. The molecule has 0 aliphatic carbocycles. The molecule has 1 saturated heterocycles. The van der Waals surface area contributed by atoms with Gasteiger partial charge in [-0.05, 0) is 48.8 Å². The molecule has 0 bridgehead atoms. The van der Waals surface area contributed by atoms with Crippen LogP contribution < -0.4 is 5.56 Å². The maximum Gasteiger partial charge on any atom is 0.270 e. The zero-order valence-corrected chi connectivity index (χ0v) is 15.4. The molecule has 1 aliphatic heterocycles. The molecule has 4 rings (SSSR count). The normalized spacial score (nSPS) is 14.4.